The lowest BCUT2D eigenvalue weighted by Gasteiger charge is -2.29. The highest BCUT2D eigenvalue weighted by Crippen LogP contribution is 2.30. The SMILES string of the molecule is CCOC(=O)C1=C(COc2ccccc2Br)NC(=O)NC1c1ccc(OC)cc1. The minimum atomic E-state index is -0.675. The van der Waals surface area contributed by atoms with Crippen molar-refractivity contribution in [3.05, 3.63) is 69.8 Å². The number of urea groups is 1. The Labute approximate surface area is 177 Å². The van der Waals surface area contributed by atoms with E-state index in [9.17, 15) is 9.59 Å². The largest absolute Gasteiger partial charge is 0.497 e. The highest BCUT2D eigenvalue weighted by atomic mass is 79.9. The maximum atomic E-state index is 12.7. The van der Waals surface area contributed by atoms with E-state index in [2.05, 4.69) is 26.6 Å². The molecule has 0 saturated carbocycles. The van der Waals surface area contributed by atoms with Crippen molar-refractivity contribution in [2.75, 3.05) is 20.3 Å². The van der Waals surface area contributed by atoms with E-state index in [1.807, 2.05) is 18.2 Å². The Morgan fingerprint density at radius 2 is 1.86 bits per heavy atom. The number of benzene rings is 2. The normalized spacial score (nSPS) is 16.0. The molecule has 0 bridgehead atoms. The maximum Gasteiger partial charge on any atom is 0.338 e. The Bertz CT molecular complexity index is 927. The van der Waals surface area contributed by atoms with Gasteiger partial charge in [-0.2, -0.15) is 0 Å². The first kappa shape index (κ1) is 20.7. The molecule has 2 aromatic rings. The van der Waals surface area contributed by atoms with Crippen LogP contribution in [0, 0.1) is 0 Å². The second-order valence-electron chi connectivity index (χ2n) is 6.14. The number of rotatable bonds is 7. The van der Waals surface area contributed by atoms with Crippen LogP contribution in [-0.4, -0.2) is 32.3 Å². The van der Waals surface area contributed by atoms with E-state index in [1.165, 1.54) is 0 Å². The number of esters is 1. The summed E-state index contributed by atoms with van der Waals surface area (Å²) in [6, 6.07) is 13.4. The molecule has 1 aliphatic rings. The summed E-state index contributed by atoms with van der Waals surface area (Å²) < 4.78 is 17.0. The molecule has 0 aliphatic carbocycles. The summed E-state index contributed by atoms with van der Waals surface area (Å²) in [6.07, 6.45) is 0. The lowest BCUT2D eigenvalue weighted by molar-refractivity contribution is -0.139. The summed E-state index contributed by atoms with van der Waals surface area (Å²) in [4.78, 5) is 25.0. The lowest BCUT2D eigenvalue weighted by Crippen LogP contribution is -2.47. The molecule has 0 radical (unpaired) electrons. The number of halogens is 1. The zero-order valence-electron chi connectivity index (χ0n) is 16.0. The Morgan fingerprint density at radius 1 is 1.14 bits per heavy atom. The third-order valence-corrected chi connectivity index (χ3v) is 4.96. The van der Waals surface area contributed by atoms with E-state index in [0.29, 0.717) is 22.8 Å². The second-order valence-corrected chi connectivity index (χ2v) is 6.99. The minimum absolute atomic E-state index is 0.00314. The number of carbonyl (C=O) groups is 2. The molecule has 0 saturated heterocycles. The van der Waals surface area contributed by atoms with Crippen molar-refractivity contribution in [3.8, 4) is 11.5 Å². The Morgan fingerprint density at radius 3 is 2.52 bits per heavy atom. The van der Waals surface area contributed by atoms with Crippen molar-refractivity contribution < 1.29 is 23.8 Å². The quantitative estimate of drug-likeness (QED) is 0.615. The third kappa shape index (κ3) is 4.89. The predicted molar refractivity (Wildman–Crippen MR) is 111 cm³/mol. The Kier molecular flexibility index (Phi) is 6.77. The molecule has 0 aromatic heterocycles. The molecule has 0 fully saturated rings. The summed E-state index contributed by atoms with van der Waals surface area (Å²) in [5.74, 6) is 0.747. The molecule has 7 nitrogen and oxygen atoms in total. The zero-order valence-corrected chi connectivity index (χ0v) is 17.6. The van der Waals surface area contributed by atoms with Crippen LogP contribution < -0.4 is 20.1 Å². The van der Waals surface area contributed by atoms with Gasteiger partial charge >= 0.3 is 12.0 Å². The van der Waals surface area contributed by atoms with Crippen LogP contribution >= 0.6 is 15.9 Å². The summed E-state index contributed by atoms with van der Waals surface area (Å²) in [7, 11) is 1.57. The van der Waals surface area contributed by atoms with Crippen LogP contribution in [0.4, 0.5) is 4.79 Å². The zero-order chi connectivity index (χ0) is 20.8. The Hall–Kier alpha value is -3.00. The van der Waals surface area contributed by atoms with Crippen LogP contribution in [0.5, 0.6) is 11.5 Å². The smallest absolute Gasteiger partial charge is 0.338 e. The average Bonchev–Trinajstić information content (AvgIpc) is 2.73. The van der Waals surface area contributed by atoms with Gasteiger partial charge in [0.25, 0.3) is 0 Å². The number of hydrogen-bond acceptors (Lipinski definition) is 5. The molecule has 29 heavy (non-hydrogen) atoms. The van der Waals surface area contributed by atoms with E-state index in [1.54, 1.807) is 44.4 Å². The molecule has 1 heterocycles. The van der Waals surface area contributed by atoms with E-state index in [0.717, 1.165) is 10.0 Å². The van der Waals surface area contributed by atoms with Crippen molar-refractivity contribution in [2.45, 2.75) is 13.0 Å². The number of methoxy groups -OCH3 is 1. The molecular weight excluding hydrogens is 440 g/mol. The van der Waals surface area contributed by atoms with Crippen LogP contribution in [0.1, 0.15) is 18.5 Å². The summed E-state index contributed by atoms with van der Waals surface area (Å²) in [5, 5.41) is 5.47. The molecular formula is C21H21BrN2O5. The predicted octanol–water partition coefficient (Wildman–Crippen LogP) is 3.71. The number of amides is 2. The van der Waals surface area contributed by atoms with E-state index in [-0.39, 0.29) is 13.2 Å². The number of carbonyl (C=O) groups excluding carboxylic acids is 2. The number of hydrogen-bond donors (Lipinski definition) is 2. The van der Waals surface area contributed by atoms with Gasteiger partial charge in [-0.15, -0.1) is 0 Å². The third-order valence-electron chi connectivity index (χ3n) is 4.31. The first-order chi connectivity index (χ1) is 14.0. The van der Waals surface area contributed by atoms with Crippen LogP contribution in [0.3, 0.4) is 0 Å². The number of nitrogens with one attached hydrogen (secondary N) is 2. The molecule has 2 amide bonds. The summed E-state index contributed by atoms with van der Waals surface area (Å²) in [5.41, 5.74) is 1.37. The lowest BCUT2D eigenvalue weighted by atomic mass is 9.95. The van der Waals surface area contributed by atoms with E-state index in [4.69, 9.17) is 14.2 Å². The summed E-state index contributed by atoms with van der Waals surface area (Å²) >= 11 is 3.42. The number of ether oxygens (including phenoxy) is 3. The van der Waals surface area contributed by atoms with Gasteiger partial charge in [0.1, 0.15) is 18.1 Å². The van der Waals surface area contributed by atoms with Crippen LogP contribution in [0.2, 0.25) is 0 Å². The van der Waals surface area contributed by atoms with Crippen molar-refractivity contribution in [2.24, 2.45) is 0 Å². The standard InChI is InChI=1S/C21H21BrN2O5/c1-3-28-20(25)18-16(12-29-17-7-5-4-6-15(17)22)23-21(26)24-19(18)13-8-10-14(27-2)11-9-13/h4-11,19H,3,12H2,1-2H3,(H2,23,24,26). The van der Waals surface area contributed by atoms with Crippen LogP contribution in [0.15, 0.2) is 64.3 Å². The van der Waals surface area contributed by atoms with Gasteiger partial charge in [0.15, 0.2) is 0 Å². The molecule has 1 unspecified atom stereocenters. The molecule has 3 rings (SSSR count). The molecule has 2 N–H and O–H groups in total. The highest BCUT2D eigenvalue weighted by Gasteiger charge is 2.34. The van der Waals surface area contributed by atoms with Crippen LogP contribution in [-0.2, 0) is 9.53 Å². The van der Waals surface area contributed by atoms with Gasteiger partial charge in [0.05, 0.1) is 35.5 Å². The fourth-order valence-corrected chi connectivity index (χ4v) is 3.34. The monoisotopic (exact) mass is 460 g/mol. The van der Waals surface area contributed by atoms with Gasteiger partial charge in [0.2, 0.25) is 0 Å². The molecule has 1 aliphatic heterocycles. The second kappa shape index (κ2) is 9.47. The molecule has 152 valence electrons. The van der Waals surface area contributed by atoms with E-state index >= 15 is 0 Å². The van der Waals surface area contributed by atoms with Gasteiger partial charge in [-0.05, 0) is 52.7 Å². The molecule has 0 spiro atoms. The van der Waals surface area contributed by atoms with Crippen molar-refractivity contribution in [1.29, 1.82) is 0 Å². The molecule has 2 aromatic carbocycles. The van der Waals surface area contributed by atoms with Crippen LogP contribution in [0.25, 0.3) is 0 Å². The Balaban J connectivity index is 1.97. The van der Waals surface area contributed by atoms with Crippen molar-refractivity contribution >= 4 is 27.9 Å². The fraction of sp³-hybridized carbons (Fsp3) is 0.238. The van der Waals surface area contributed by atoms with Gasteiger partial charge < -0.3 is 24.8 Å². The topological polar surface area (TPSA) is 85.9 Å². The summed E-state index contributed by atoms with van der Waals surface area (Å²) in [6.45, 7) is 1.94. The first-order valence-corrected chi connectivity index (χ1v) is 9.81. The van der Waals surface area contributed by atoms with Gasteiger partial charge in [0, 0.05) is 0 Å². The van der Waals surface area contributed by atoms with Crippen molar-refractivity contribution in [1.82, 2.24) is 10.6 Å². The first-order valence-electron chi connectivity index (χ1n) is 9.02. The van der Waals surface area contributed by atoms with Gasteiger partial charge in [-0.1, -0.05) is 24.3 Å². The minimum Gasteiger partial charge on any atom is -0.497 e. The van der Waals surface area contributed by atoms with E-state index < -0.39 is 18.0 Å². The van der Waals surface area contributed by atoms with Gasteiger partial charge in [-0.3, -0.25) is 0 Å². The average molecular weight is 461 g/mol. The van der Waals surface area contributed by atoms with Gasteiger partial charge in [-0.25, -0.2) is 9.59 Å². The highest BCUT2D eigenvalue weighted by molar-refractivity contribution is 9.10. The van der Waals surface area contributed by atoms with Crippen molar-refractivity contribution in [3.63, 3.8) is 0 Å². The number of para-hydroxylation sites is 1. The molecule has 1 atom stereocenters. The molecule has 8 heteroatoms. The fourth-order valence-electron chi connectivity index (χ4n) is 2.94. The maximum absolute atomic E-state index is 12.7.